The standard InChI is InChI=1S/C9H16O2/c1-2-9(7-10)6-4-3-5-8(9)11/h2,8,10-11H,1,3-7H2/t8-,9-/m0/s1. The minimum atomic E-state index is -0.405. The van der Waals surface area contributed by atoms with E-state index < -0.39 is 11.5 Å². The van der Waals surface area contributed by atoms with Crippen LogP contribution in [-0.2, 0) is 0 Å². The van der Waals surface area contributed by atoms with Crippen LogP contribution in [0.25, 0.3) is 0 Å². The van der Waals surface area contributed by atoms with E-state index in [0.29, 0.717) is 0 Å². The zero-order valence-electron chi connectivity index (χ0n) is 6.79. The molecule has 1 rings (SSSR count). The molecule has 0 bridgehead atoms. The summed E-state index contributed by atoms with van der Waals surface area (Å²) in [5, 5.41) is 18.7. The molecule has 0 saturated heterocycles. The molecule has 64 valence electrons. The van der Waals surface area contributed by atoms with Crippen molar-refractivity contribution in [2.24, 2.45) is 5.41 Å². The fourth-order valence-corrected chi connectivity index (χ4v) is 1.73. The van der Waals surface area contributed by atoms with E-state index in [1.807, 2.05) is 0 Å². The fourth-order valence-electron chi connectivity index (χ4n) is 1.73. The van der Waals surface area contributed by atoms with E-state index in [-0.39, 0.29) is 6.61 Å². The van der Waals surface area contributed by atoms with Crippen molar-refractivity contribution in [3.05, 3.63) is 12.7 Å². The topological polar surface area (TPSA) is 40.5 Å². The molecular weight excluding hydrogens is 140 g/mol. The van der Waals surface area contributed by atoms with E-state index >= 15 is 0 Å². The normalized spacial score (nSPS) is 38.5. The highest BCUT2D eigenvalue weighted by atomic mass is 16.3. The van der Waals surface area contributed by atoms with Crippen LogP contribution < -0.4 is 0 Å². The van der Waals surface area contributed by atoms with Gasteiger partial charge in [0.05, 0.1) is 12.7 Å². The molecule has 0 heterocycles. The van der Waals surface area contributed by atoms with Crippen LogP contribution in [0.3, 0.4) is 0 Å². The zero-order chi connectivity index (χ0) is 8.32. The van der Waals surface area contributed by atoms with E-state index in [9.17, 15) is 5.11 Å². The van der Waals surface area contributed by atoms with E-state index in [1.54, 1.807) is 6.08 Å². The number of aliphatic hydroxyl groups is 2. The summed E-state index contributed by atoms with van der Waals surface area (Å²) in [6.07, 6.45) is 5.14. The van der Waals surface area contributed by atoms with Crippen LogP contribution in [0.1, 0.15) is 25.7 Å². The highest BCUT2D eigenvalue weighted by molar-refractivity contribution is 5.01. The molecule has 1 saturated carbocycles. The maximum atomic E-state index is 9.59. The monoisotopic (exact) mass is 156 g/mol. The van der Waals surface area contributed by atoms with Gasteiger partial charge in [-0.1, -0.05) is 18.9 Å². The van der Waals surface area contributed by atoms with Crippen molar-refractivity contribution in [2.75, 3.05) is 6.61 Å². The quantitative estimate of drug-likeness (QED) is 0.587. The summed E-state index contributed by atoms with van der Waals surface area (Å²) in [7, 11) is 0. The van der Waals surface area contributed by atoms with Gasteiger partial charge in [-0.2, -0.15) is 0 Å². The summed E-state index contributed by atoms with van der Waals surface area (Å²) in [5.74, 6) is 0. The van der Waals surface area contributed by atoms with E-state index in [1.165, 1.54) is 0 Å². The van der Waals surface area contributed by atoms with E-state index in [2.05, 4.69) is 6.58 Å². The Balaban J connectivity index is 2.69. The molecule has 2 atom stereocenters. The average Bonchev–Trinajstić information content (AvgIpc) is 2.06. The lowest BCUT2D eigenvalue weighted by molar-refractivity contribution is -0.0146. The van der Waals surface area contributed by atoms with Crippen molar-refractivity contribution < 1.29 is 10.2 Å². The van der Waals surface area contributed by atoms with Crippen molar-refractivity contribution in [3.8, 4) is 0 Å². The molecule has 0 aromatic carbocycles. The van der Waals surface area contributed by atoms with Crippen molar-refractivity contribution in [2.45, 2.75) is 31.8 Å². The minimum Gasteiger partial charge on any atom is -0.395 e. The lowest BCUT2D eigenvalue weighted by atomic mass is 9.72. The molecule has 0 aliphatic heterocycles. The third-order valence-corrected chi connectivity index (χ3v) is 2.73. The largest absolute Gasteiger partial charge is 0.395 e. The molecule has 0 radical (unpaired) electrons. The first kappa shape index (κ1) is 8.75. The van der Waals surface area contributed by atoms with Gasteiger partial charge in [0.25, 0.3) is 0 Å². The maximum absolute atomic E-state index is 9.59. The van der Waals surface area contributed by atoms with Gasteiger partial charge in [0.2, 0.25) is 0 Å². The molecule has 1 fully saturated rings. The molecule has 0 spiro atoms. The summed E-state index contributed by atoms with van der Waals surface area (Å²) < 4.78 is 0. The Morgan fingerprint density at radius 3 is 2.64 bits per heavy atom. The number of aliphatic hydroxyl groups excluding tert-OH is 2. The van der Waals surface area contributed by atoms with E-state index in [4.69, 9.17) is 5.11 Å². The number of hydrogen-bond acceptors (Lipinski definition) is 2. The van der Waals surface area contributed by atoms with Crippen molar-refractivity contribution in [1.82, 2.24) is 0 Å². The van der Waals surface area contributed by atoms with Crippen LogP contribution in [0.5, 0.6) is 0 Å². The van der Waals surface area contributed by atoms with Crippen LogP contribution in [0, 0.1) is 5.41 Å². The molecule has 2 nitrogen and oxygen atoms in total. The predicted octanol–water partition coefficient (Wildman–Crippen LogP) is 1.09. The summed E-state index contributed by atoms with van der Waals surface area (Å²) in [6.45, 7) is 3.68. The number of rotatable bonds is 2. The first-order chi connectivity index (χ1) is 5.25. The SMILES string of the molecule is C=C[C@@]1(CO)CCCC[C@@H]1O. The predicted molar refractivity (Wildman–Crippen MR) is 44.2 cm³/mol. The fraction of sp³-hybridized carbons (Fsp3) is 0.778. The van der Waals surface area contributed by atoms with Gasteiger partial charge in [0.1, 0.15) is 0 Å². The molecule has 0 amide bonds. The first-order valence-electron chi connectivity index (χ1n) is 4.18. The lowest BCUT2D eigenvalue weighted by Crippen LogP contribution is -2.39. The van der Waals surface area contributed by atoms with Gasteiger partial charge in [-0.15, -0.1) is 6.58 Å². The van der Waals surface area contributed by atoms with Gasteiger partial charge >= 0.3 is 0 Å². The lowest BCUT2D eigenvalue weighted by Gasteiger charge is -2.37. The van der Waals surface area contributed by atoms with Crippen molar-refractivity contribution in [3.63, 3.8) is 0 Å². The van der Waals surface area contributed by atoms with Gasteiger partial charge in [-0.25, -0.2) is 0 Å². The van der Waals surface area contributed by atoms with Gasteiger partial charge in [-0.05, 0) is 12.8 Å². The highest BCUT2D eigenvalue weighted by Crippen LogP contribution is 2.36. The summed E-state index contributed by atoms with van der Waals surface area (Å²) in [5.41, 5.74) is -0.405. The second kappa shape index (κ2) is 3.37. The molecule has 0 aromatic heterocycles. The van der Waals surface area contributed by atoms with Crippen LogP contribution in [0.15, 0.2) is 12.7 Å². The molecule has 1 aliphatic rings. The van der Waals surface area contributed by atoms with Gasteiger partial charge < -0.3 is 10.2 Å². The molecule has 0 unspecified atom stereocenters. The van der Waals surface area contributed by atoms with Gasteiger partial charge in [-0.3, -0.25) is 0 Å². The summed E-state index contributed by atoms with van der Waals surface area (Å²) in [6, 6.07) is 0. The average molecular weight is 156 g/mol. The third kappa shape index (κ3) is 1.47. The Kier molecular flexibility index (Phi) is 2.68. The van der Waals surface area contributed by atoms with Crippen LogP contribution >= 0.6 is 0 Å². The second-order valence-corrected chi connectivity index (χ2v) is 3.36. The molecule has 11 heavy (non-hydrogen) atoms. The first-order valence-corrected chi connectivity index (χ1v) is 4.18. The molecule has 2 N–H and O–H groups in total. The minimum absolute atomic E-state index is 0.0255. The second-order valence-electron chi connectivity index (χ2n) is 3.36. The van der Waals surface area contributed by atoms with Crippen molar-refractivity contribution >= 4 is 0 Å². The summed E-state index contributed by atoms with van der Waals surface area (Å²) in [4.78, 5) is 0. The van der Waals surface area contributed by atoms with Crippen LogP contribution in [0.4, 0.5) is 0 Å². The van der Waals surface area contributed by atoms with E-state index in [0.717, 1.165) is 25.7 Å². The Morgan fingerprint density at radius 1 is 1.55 bits per heavy atom. The number of hydrogen-bond donors (Lipinski definition) is 2. The Morgan fingerprint density at radius 2 is 2.27 bits per heavy atom. The molecular formula is C9H16O2. The summed E-state index contributed by atoms with van der Waals surface area (Å²) >= 11 is 0. The molecule has 1 aliphatic carbocycles. The maximum Gasteiger partial charge on any atom is 0.0652 e. The zero-order valence-corrected chi connectivity index (χ0v) is 6.79. The Labute approximate surface area is 67.6 Å². The van der Waals surface area contributed by atoms with Crippen LogP contribution in [0.2, 0.25) is 0 Å². The molecule has 0 aromatic rings. The molecule has 2 heteroatoms. The smallest absolute Gasteiger partial charge is 0.0652 e. The van der Waals surface area contributed by atoms with Crippen LogP contribution in [-0.4, -0.2) is 22.9 Å². The Hall–Kier alpha value is -0.340. The Bertz CT molecular complexity index is 144. The highest BCUT2D eigenvalue weighted by Gasteiger charge is 2.36. The van der Waals surface area contributed by atoms with Gasteiger partial charge in [0, 0.05) is 5.41 Å². The van der Waals surface area contributed by atoms with Gasteiger partial charge in [0.15, 0.2) is 0 Å². The van der Waals surface area contributed by atoms with Crippen molar-refractivity contribution in [1.29, 1.82) is 0 Å². The third-order valence-electron chi connectivity index (χ3n) is 2.73.